The van der Waals surface area contributed by atoms with Crippen LogP contribution in [0.3, 0.4) is 0 Å². The van der Waals surface area contributed by atoms with Crippen LogP contribution >= 0.6 is 0 Å². The average Bonchev–Trinajstić information content (AvgIpc) is 3.40. The number of rotatable bonds is 8. The van der Waals surface area contributed by atoms with Crippen LogP contribution in [0.1, 0.15) is 26.2 Å². The summed E-state index contributed by atoms with van der Waals surface area (Å²) in [6.45, 7) is 0.861. The van der Waals surface area contributed by atoms with Crippen molar-refractivity contribution in [2.75, 3.05) is 6.54 Å². The van der Waals surface area contributed by atoms with E-state index in [1.807, 2.05) is 10.0 Å². The van der Waals surface area contributed by atoms with Crippen molar-refractivity contribution in [3.8, 4) is 0 Å². The van der Waals surface area contributed by atoms with E-state index in [1.54, 1.807) is 0 Å². The van der Waals surface area contributed by atoms with Gasteiger partial charge in [-0.2, -0.15) is 0 Å². The van der Waals surface area contributed by atoms with Crippen LogP contribution in [0.5, 0.6) is 0 Å². The van der Waals surface area contributed by atoms with Crippen molar-refractivity contribution in [1.82, 2.24) is 15.4 Å². The van der Waals surface area contributed by atoms with Gasteiger partial charge in [0.25, 0.3) is 5.91 Å². The van der Waals surface area contributed by atoms with Crippen molar-refractivity contribution in [3.05, 3.63) is 29.8 Å². The normalized spacial score (nSPS) is 14.8. The molecule has 0 spiro atoms. The number of hydrogen-bond donors (Lipinski definition) is 3. The summed E-state index contributed by atoms with van der Waals surface area (Å²) >= 11 is 0. The number of benzene rings is 1. The summed E-state index contributed by atoms with van der Waals surface area (Å²) in [5.41, 5.74) is 0. The van der Waals surface area contributed by atoms with Crippen molar-refractivity contribution in [2.45, 2.75) is 43.2 Å². The number of nitrogens with one attached hydrogen (secondary N) is 3. The third-order valence-electron chi connectivity index (χ3n) is 3.65. The van der Waals surface area contributed by atoms with E-state index in [0.29, 0.717) is 12.1 Å². The molecular weight excluding hydrogens is 400 g/mol. The number of hydrogen-bond acceptors (Lipinski definition) is 6. The fraction of sp³-hybridized carbons (Fsp3) is 0.438. The second-order valence-electron chi connectivity index (χ2n) is 6.09. The lowest BCUT2D eigenvalue weighted by Crippen LogP contribution is -2.45. The molecule has 0 bridgehead atoms. The number of sulfonamides is 1. The largest absolute Gasteiger partial charge is 0.452 e. The van der Waals surface area contributed by atoms with Gasteiger partial charge in [0.1, 0.15) is 0 Å². The van der Waals surface area contributed by atoms with Gasteiger partial charge in [-0.1, -0.05) is 0 Å². The molecule has 9 nitrogen and oxygen atoms in total. The fourth-order valence-electron chi connectivity index (χ4n) is 1.99. The van der Waals surface area contributed by atoms with Gasteiger partial charge in [0.2, 0.25) is 10.0 Å². The first-order chi connectivity index (χ1) is 13.1. The Balaban J connectivity index is 1.75. The Morgan fingerprint density at radius 1 is 1.21 bits per heavy atom. The number of ether oxygens (including phenoxy) is 1. The first-order valence-corrected chi connectivity index (χ1v) is 9.82. The molecule has 1 aliphatic carbocycles. The lowest BCUT2D eigenvalue weighted by atomic mass is 10.3. The van der Waals surface area contributed by atoms with E-state index in [9.17, 15) is 31.6 Å². The highest BCUT2D eigenvalue weighted by Gasteiger charge is 2.26. The minimum Gasteiger partial charge on any atom is -0.452 e. The molecule has 0 aliphatic heterocycles. The predicted molar refractivity (Wildman–Crippen MR) is 91.4 cm³/mol. The highest BCUT2D eigenvalue weighted by atomic mass is 32.2. The van der Waals surface area contributed by atoms with E-state index >= 15 is 0 Å². The zero-order valence-corrected chi connectivity index (χ0v) is 15.6. The zero-order valence-electron chi connectivity index (χ0n) is 14.8. The maximum atomic E-state index is 13.1. The molecule has 1 fully saturated rings. The van der Waals surface area contributed by atoms with E-state index < -0.39 is 63.5 Å². The third kappa shape index (κ3) is 6.53. The molecular formula is C16H19F2N3O6S. The number of carbonyl (C=O) groups excluding carboxylic acids is 3. The standard InChI is InChI=1S/C16H19F2N3O6S/c1-9(15(23)21-16(24)20-10-2-3-10)27-14(22)6-7-19-28(25,26)11-4-5-12(17)13(18)8-11/h4-5,8-10,19H,2-3,6-7H2,1H3,(H2,20,21,23,24). The number of halogens is 2. The Bertz CT molecular complexity index is 873. The van der Waals surface area contributed by atoms with Crippen LogP contribution in [0.2, 0.25) is 0 Å². The minimum atomic E-state index is -4.16. The molecule has 1 unspecified atom stereocenters. The molecule has 1 aromatic carbocycles. The quantitative estimate of drug-likeness (QED) is 0.528. The van der Waals surface area contributed by atoms with Crippen molar-refractivity contribution < 1.29 is 36.3 Å². The van der Waals surface area contributed by atoms with Crippen molar-refractivity contribution >= 4 is 27.9 Å². The number of urea groups is 1. The van der Waals surface area contributed by atoms with Crippen LogP contribution in [-0.2, 0) is 24.3 Å². The maximum Gasteiger partial charge on any atom is 0.321 e. The van der Waals surface area contributed by atoms with Gasteiger partial charge in [0, 0.05) is 12.6 Å². The monoisotopic (exact) mass is 419 g/mol. The molecule has 0 aromatic heterocycles. The summed E-state index contributed by atoms with van der Waals surface area (Å²) in [6, 6.07) is 1.41. The zero-order chi connectivity index (χ0) is 20.9. The van der Waals surface area contributed by atoms with Crippen molar-refractivity contribution in [3.63, 3.8) is 0 Å². The summed E-state index contributed by atoms with van der Waals surface area (Å²) in [6.07, 6.45) is -0.00568. The Morgan fingerprint density at radius 3 is 2.50 bits per heavy atom. The van der Waals surface area contributed by atoms with Crippen LogP contribution in [0.15, 0.2) is 23.1 Å². The van der Waals surface area contributed by atoms with Gasteiger partial charge in [0.05, 0.1) is 11.3 Å². The van der Waals surface area contributed by atoms with Crippen molar-refractivity contribution in [1.29, 1.82) is 0 Å². The Kier molecular flexibility index (Phi) is 7.02. The van der Waals surface area contributed by atoms with Crippen LogP contribution in [0, 0.1) is 11.6 Å². The molecule has 12 heteroatoms. The van der Waals surface area contributed by atoms with Gasteiger partial charge in [-0.25, -0.2) is 26.7 Å². The van der Waals surface area contributed by atoms with Gasteiger partial charge in [-0.3, -0.25) is 14.9 Å². The van der Waals surface area contributed by atoms with Gasteiger partial charge >= 0.3 is 12.0 Å². The SMILES string of the molecule is CC(OC(=O)CCNS(=O)(=O)c1ccc(F)c(F)c1)C(=O)NC(=O)NC1CC1. The van der Waals surface area contributed by atoms with Gasteiger partial charge in [-0.05, 0) is 38.0 Å². The summed E-state index contributed by atoms with van der Waals surface area (Å²) in [5, 5.41) is 4.55. The summed E-state index contributed by atoms with van der Waals surface area (Å²) in [4.78, 5) is 34.4. The lowest BCUT2D eigenvalue weighted by molar-refractivity contribution is -0.154. The van der Waals surface area contributed by atoms with Gasteiger partial charge in [0.15, 0.2) is 17.7 Å². The first-order valence-electron chi connectivity index (χ1n) is 8.34. The third-order valence-corrected chi connectivity index (χ3v) is 5.11. The smallest absolute Gasteiger partial charge is 0.321 e. The molecule has 3 N–H and O–H groups in total. The fourth-order valence-corrected chi connectivity index (χ4v) is 3.03. The second kappa shape index (κ2) is 9.06. The predicted octanol–water partition coefficient (Wildman–Crippen LogP) is 0.553. The van der Waals surface area contributed by atoms with E-state index in [2.05, 4.69) is 5.32 Å². The molecule has 3 amide bonds. The summed E-state index contributed by atoms with van der Waals surface area (Å²) in [7, 11) is -4.16. The maximum absolute atomic E-state index is 13.1. The molecule has 0 radical (unpaired) electrons. The van der Waals surface area contributed by atoms with E-state index in [-0.39, 0.29) is 6.04 Å². The lowest BCUT2D eigenvalue weighted by Gasteiger charge is -2.13. The number of imide groups is 1. The average molecular weight is 419 g/mol. The Morgan fingerprint density at radius 2 is 1.89 bits per heavy atom. The van der Waals surface area contributed by atoms with Crippen molar-refractivity contribution in [2.24, 2.45) is 0 Å². The molecule has 0 saturated heterocycles. The molecule has 154 valence electrons. The summed E-state index contributed by atoms with van der Waals surface area (Å²) in [5.74, 6) is -4.24. The second-order valence-corrected chi connectivity index (χ2v) is 7.86. The molecule has 2 rings (SSSR count). The van der Waals surface area contributed by atoms with E-state index in [4.69, 9.17) is 4.74 Å². The highest BCUT2D eigenvalue weighted by molar-refractivity contribution is 7.89. The Labute approximate surface area is 159 Å². The van der Waals surface area contributed by atoms with Crippen LogP contribution < -0.4 is 15.4 Å². The van der Waals surface area contributed by atoms with Crippen LogP contribution in [0.4, 0.5) is 13.6 Å². The van der Waals surface area contributed by atoms with Gasteiger partial charge < -0.3 is 10.1 Å². The molecule has 28 heavy (non-hydrogen) atoms. The highest BCUT2D eigenvalue weighted by Crippen LogP contribution is 2.18. The molecule has 1 aliphatic rings. The molecule has 1 saturated carbocycles. The molecule has 1 aromatic rings. The number of esters is 1. The number of amides is 3. The minimum absolute atomic E-state index is 0.0493. The topological polar surface area (TPSA) is 131 Å². The van der Waals surface area contributed by atoms with Crippen LogP contribution in [0.25, 0.3) is 0 Å². The number of carbonyl (C=O) groups is 3. The Hall–Kier alpha value is -2.60. The molecule has 0 heterocycles. The molecule has 1 atom stereocenters. The van der Waals surface area contributed by atoms with Crippen LogP contribution in [-0.4, -0.2) is 45.0 Å². The van der Waals surface area contributed by atoms with E-state index in [0.717, 1.165) is 18.9 Å². The van der Waals surface area contributed by atoms with Gasteiger partial charge in [-0.15, -0.1) is 0 Å². The first kappa shape index (κ1) is 21.7. The van der Waals surface area contributed by atoms with E-state index in [1.165, 1.54) is 6.92 Å². The summed E-state index contributed by atoms with van der Waals surface area (Å²) < 4.78 is 56.8.